The Bertz CT molecular complexity index is 444. The summed E-state index contributed by atoms with van der Waals surface area (Å²) in [7, 11) is 0. The summed E-state index contributed by atoms with van der Waals surface area (Å²) < 4.78 is 0. The third-order valence-corrected chi connectivity index (χ3v) is 3.91. The lowest BCUT2D eigenvalue weighted by atomic mass is 10.2. The number of aliphatic imine (C=N–C) groups is 1. The number of nitrogens with zero attached hydrogens (tertiary/aromatic N) is 4. The van der Waals surface area contributed by atoms with Crippen molar-refractivity contribution in [2.24, 2.45) is 4.99 Å². The average Bonchev–Trinajstić information content (AvgIpc) is 2.59. The van der Waals surface area contributed by atoms with Gasteiger partial charge < -0.3 is 15.1 Å². The molecule has 1 aromatic heterocycles. The molecule has 0 spiro atoms. The van der Waals surface area contributed by atoms with Gasteiger partial charge >= 0.3 is 0 Å². The molecule has 1 aliphatic rings. The van der Waals surface area contributed by atoms with Crippen LogP contribution in [0.2, 0.25) is 0 Å². The lowest BCUT2D eigenvalue weighted by Gasteiger charge is -2.37. The maximum atomic E-state index is 4.77. The fraction of sp³-hybridized carbons (Fsp3) is 0.647. The zero-order valence-electron chi connectivity index (χ0n) is 14.4. The Kier molecular flexibility index (Phi) is 9.98. The van der Waals surface area contributed by atoms with Crippen molar-refractivity contribution in [3.8, 4) is 0 Å². The van der Waals surface area contributed by atoms with Crippen LogP contribution in [0.15, 0.2) is 29.4 Å². The first kappa shape index (κ1) is 20.0. The van der Waals surface area contributed by atoms with Crippen LogP contribution in [0.25, 0.3) is 0 Å². The highest BCUT2D eigenvalue weighted by molar-refractivity contribution is 14.0. The molecule has 0 unspecified atom stereocenters. The van der Waals surface area contributed by atoms with Crippen molar-refractivity contribution in [3.63, 3.8) is 0 Å². The van der Waals surface area contributed by atoms with Gasteiger partial charge in [0.25, 0.3) is 0 Å². The Morgan fingerprint density at radius 1 is 1.17 bits per heavy atom. The maximum absolute atomic E-state index is 4.77. The van der Waals surface area contributed by atoms with E-state index in [0.29, 0.717) is 0 Å². The third-order valence-electron chi connectivity index (χ3n) is 3.91. The Balaban J connectivity index is 0.00000264. The summed E-state index contributed by atoms with van der Waals surface area (Å²) in [4.78, 5) is 13.9. The molecule has 6 heteroatoms. The number of pyridine rings is 1. The lowest BCUT2D eigenvalue weighted by Crippen LogP contribution is -2.52. The summed E-state index contributed by atoms with van der Waals surface area (Å²) >= 11 is 0. The molecule has 0 atom stereocenters. The predicted molar refractivity (Wildman–Crippen MR) is 109 cm³/mol. The first-order valence-corrected chi connectivity index (χ1v) is 8.54. The van der Waals surface area contributed by atoms with E-state index in [1.54, 1.807) is 0 Å². The molecule has 5 nitrogen and oxygen atoms in total. The summed E-state index contributed by atoms with van der Waals surface area (Å²) in [6.07, 6.45) is 5.55. The van der Waals surface area contributed by atoms with Gasteiger partial charge in [0.05, 0.1) is 0 Å². The van der Waals surface area contributed by atoms with E-state index in [4.69, 9.17) is 4.99 Å². The second-order valence-corrected chi connectivity index (χ2v) is 5.60. The van der Waals surface area contributed by atoms with Crippen LogP contribution in [-0.2, 0) is 0 Å². The number of hydrogen-bond donors (Lipinski definition) is 1. The molecular weight excluding hydrogens is 401 g/mol. The van der Waals surface area contributed by atoms with E-state index in [-0.39, 0.29) is 24.0 Å². The van der Waals surface area contributed by atoms with Gasteiger partial charge in [-0.1, -0.05) is 25.8 Å². The van der Waals surface area contributed by atoms with Crippen LogP contribution in [0.4, 0.5) is 5.82 Å². The minimum absolute atomic E-state index is 0. The van der Waals surface area contributed by atoms with Crippen molar-refractivity contribution in [3.05, 3.63) is 24.4 Å². The lowest BCUT2D eigenvalue weighted by molar-refractivity contribution is 0.371. The molecule has 1 fully saturated rings. The third kappa shape index (κ3) is 6.53. The largest absolute Gasteiger partial charge is 0.357 e. The summed E-state index contributed by atoms with van der Waals surface area (Å²) in [6.45, 7) is 10.2. The van der Waals surface area contributed by atoms with Gasteiger partial charge in [-0.15, -0.1) is 24.0 Å². The Hall–Kier alpha value is -1.05. The van der Waals surface area contributed by atoms with Crippen molar-refractivity contribution in [1.82, 2.24) is 15.2 Å². The monoisotopic (exact) mass is 431 g/mol. The van der Waals surface area contributed by atoms with Crippen LogP contribution >= 0.6 is 24.0 Å². The van der Waals surface area contributed by atoms with Gasteiger partial charge in [0.2, 0.25) is 0 Å². The molecule has 1 aromatic rings. The minimum Gasteiger partial charge on any atom is -0.357 e. The number of aromatic nitrogens is 1. The topological polar surface area (TPSA) is 43.8 Å². The van der Waals surface area contributed by atoms with Crippen molar-refractivity contribution in [2.45, 2.75) is 33.1 Å². The van der Waals surface area contributed by atoms with E-state index >= 15 is 0 Å². The quantitative estimate of drug-likeness (QED) is 0.326. The molecule has 0 amide bonds. The molecular formula is C17H30IN5. The zero-order valence-corrected chi connectivity index (χ0v) is 16.7. The van der Waals surface area contributed by atoms with Crippen LogP contribution in [0.1, 0.15) is 33.1 Å². The molecule has 0 aromatic carbocycles. The van der Waals surface area contributed by atoms with Gasteiger partial charge in [-0.05, 0) is 25.5 Å². The molecule has 1 N–H and O–H groups in total. The van der Waals surface area contributed by atoms with Crippen molar-refractivity contribution in [2.75, 3.05) is 44.2 Å². The van der Waals surface area contributed by atoms with E-state index in [2.05, 4.69) is 40.0 Å². The Morgan fingerprint density at radius 2 is 1.96 bits per heavy atom. The summed E-state index contributed by atoms with van der Waals surface area (Å²) in [5.41, 5.74) is 0. The van der Waals surface area contributed by atoms with Gasteiger partial charge in [0.1, 0.15) is 5.82 Å². The number of anilines is 1. The second-order valence-electron chi connectivity index (χ2n) is 5.60. The summed E-state index contributed by atoms with van der Waals surface area (Å²) in [6, 6.07) is 6.10. The first-order valence-electron chi connectivity index (χ1n) is 8.54. The summed E-state index contributed by atoms with van der Waals surface area (Å²) in [5, 5.41) is 3.43. The number of guanidine groups is 1. The first-order chi connectivity index (χ1) is 10.8. The van der Waals surface area contributed by atoms with Crippen molar-refractivity contribution >= 4 is 35.8 Å². The summed E-state index contributed by atoms with van der Waals surface area (Å²) in [5.74, 6) is 2.14. The molecule has 0 bridgehead atoms. The van der Waals surface area contributed by atoms with Gasteiger partial charge in [0.15, 0.2) is 5.96 Å². The highest BCUT2D eigenvalue weighted by atomic mass is 127. The van der Waals surface area contributed by atoms with Gasteiger partial charge in [-0.3, -0.25) is 4.99 Å². The molecule has 23 heavy (non-hydrogen) atoms. The molecule has 0 aliphatic carbocycles. The SMILES string of the molecule is CCCCCN=C(NCC)N1CCN(c2ccccn2)CC1.I. The smallest absolute Gasteiger partial charge is 0.194 e. The number of piperazine rings is 1. The molecule has 2 heterocycles. The normalized spacial score (nSPS) is 15.3. The molecule has 0 radical (unpaired) electrons. The van der Waals surface area contributed by atoms with Crippen LogP contribution in [0.3, 0.4) is 0 Å². The average molecular weight is 431 g/mol. The molecule has 1 saturated heterocycles. The maximum Gasteiger partial charge on any atom is 0.194 e. The number of halogens is 1. The van der Waals surface area contributed by atoms with E-state index in [9.17, 15) is 0 Å². The fourth-order valence-electron chi connectivity index (χ4n) is 2.66. The van der Waals surface area contributed by atoms with Crippen LogP contribution in [0.5, 0.6) is 0 Å². The van der Waals surface area contributed by atoms with Crippen LogP contribution in [0, 0.1) is 0 Å². The van der Waals surface area contributed by atoms with Crippen LogP contribution < -0.4 is 10.2 Å². The molecule has 0 saturated carbocycles. The highest BCUT2D eigenvalue weighted by Crippen LogP contribution is 2.12. The molecule has 2 rings (SSSR count). The van der Waals surface area contributed by atoms with Gasteiger partial charge in [0, 0.05) is 45.5 Å². The van der Waals surface area contributed by atoms with E-state index in [1.165, 1.54) is 19.3 Å². The Morgan fingerprint density at radius 3 is 2.57 bits per heavy atom. The second kappa shape index (κ2) is 11.5. The number of nitrogens with one attached hydrogen (secondary N) is 1. The van der Waals surface area contributed by atoms with E-state index in [1.807, 2.05) is 18.3 Å². The van der Waals surface area contributed by atoms with Gasteiger partial charge in [-0.25, -0.2) is 4.98 Å². The number of rotatable bonds is 6. The zero-order chi connectivity index (χ0) is 15.6. The predicted octanol–water partition coefficient (Wildman–Crippen LogP) is 2.98. The molecule has 130 valence electrons. The van der Waals surface area contributed by atoms with Crippen molar-refractivity contribution in [1.29, 1.82) is 0 Å². The number of unbranched alkanes of at least 4 members (excludes halogenated alkanes) is 2. The number of hydrogen-bond acceptors (Lipinski definition) is 3. The van der Waals surface area contributed by atoms with E-state index < -0.39 is 0 Å². The fourth-order valence-corrected chi connectivity index (χ4v) is 2.66. The highest BCUT2D eigenvalue weighted by Gasteiger charge is 2.20. The Labute approximate surface area is 157 Å². The molecule has 1 aliphatic heterocycles. The van der Waals surface area contributed by atoms with Crippen molar-refractivity contribution < 1.29 is 0 Å². The van der Waals surface area contributed by atoms with Crippen LogP contribution in [-0.4, -0.2) is 55.1 Å². The standard InChI is InChI=1S/C17H29N5.HI/c1-3-5-7-11-20-17(18-4-2)22-14-12-21(13-15-22)16-9-6-8-10-19-16;/h6,8-10H,3-5,7,11-15H2,1-2H3,(H,18,20);1H. The van der Waals surface area contributed by atoms with Gasteiger partial charge in [-0.2, -0.15) is 0 Å². The minimum atomic E-state index is 0. The van der Waals surface area contributed by atoms with E-state index in [0.717, 1.165) is 51.0 Å².